The van der Waals surface area contributed by atoms with E-state index >= 15 is 0 Å². The minimum Gasteiger partial charge on any atom is -0.313 e. The summed E-state index contributed by atoms with van der Waals surface area (Å²) in [6.45, 7) is 11.1. The van der Waals surface area contributed by atoms with Crippen LogP contribution in [0.25, 0.3) is 16.1 Å². The number of benzene rings is 2. The second kappa shape index (κ2) is 7.35. The Morgan fingerprint density at radius 2 is 1.68 bits per heavy atom. The number of alkyl halides is 3. The van der Waals surface area contributed by atoms with Crippen molar-refractivity contribution in [2.24, 2.45) is 0 Å². The molecule has 3 nitrogen and oxygen atoms in total. The monoisotopic (exact) mass is 382 g/mol. The summed E-state index contributed by atoms with van der Waals surface area (Å²) >= 11 is 0. The summed E-state index contributed by atoms with van der Waals surface area (Å²) in [5, 5.41) is 0. The van der Waals surface area contributed by atoms with Crippen LogP contribution in [0.1, 0.15) is 22.3 Å². The van der Waals surface area contributed by atoms with Crippen LogP contribution in [-0.2, 0) is 12.7 Å². The van der Waals surface area contributed by atoms with E-state index < -0.39 is 23.0 Å². The fraction of sp³-hybridized carbons (Fsp3) is 0.182. The van der Waals surface area contributed by atoms with Crippen LogP contribution in [-0.4, -0.2) is 4.57 Å². The van der Waals surface area contributed by atoms with Gasteiger partial charge >= 0.3 is 6.18 Å². The molecule has 0 saturated heterocycles. The van der Waals surface area contributed by atoms with E-state index in [0.29, 0.717) is 5.56 Å². The average molecular weight is 382 g/mol. The van der Waals surface area contributed by atoms with Crippen LogP contribution >= 0.6 is 0 Å². The number of rotatable bonds is 3. The third-order valence-electron chi connectivity index (χ3n) is 4.67. The van der Waals surface area contributed by atoms with E-state index in [1.165, 1.54) is 4.57 Å². The largest absolute Gasteiger partial charge is 0.407 e. The van der Waals surface area contributed by atoms with Gasteiger partial charge in [0.15, 0.2) is 0 Å². The van der Waals surface area contributed by atoms with Gasteiger partial charge in [-0.25, -0.2) is 4.85 Å². The minimum absolute atomic E-state index is 0.0742. The van der Waals surface area contributed by atoms with Crippen molar-refractivity contribution in [2.75, 3.05) is 0 Å². The van der Waals surface area contributed by atoms with Gasteiger partial charge in [-0.05, 0) is 42.2 Å². The van der Waals surface area contributed by atoms with Crippen molar-refractivity contribution < 1.29 is 13.2 Å². The van der Waals surface area contributed by atoms with E-state index in [1.54, 1.807) is 30.3 Å². The number of hydrogen-bond acceptors (Lipinski definition) is 1. The Morgan fingerprint density at radius 3 is 2.25 bits per heavy atom. The summed E-state index contributed by atoms with van der Waals surface area (Å²) in [5.74, 6) is 0. The van der Waals surface area contributed by atoms with Gasteiger partial charge in [-0.1, -0.05) is 48.5 Å². The first-order valence-electron chi connectivity index (χ1n) is 8.56. The first-order valence-corrected chi connectivity index (χ1v) is 8.56. The molecule has 3 aromatic rings. The normalized spacial score (nSPS) is 11.3. The zero-order valence-corrected chi connectivity index (χ0v) is 15.3. The number of aromatic nitrogens is 1. The summed E-state index contributed by atoms with van der Waals surface area (Å²) in [4.78, 5) is 15.8. The predicted octanol–water partition coefficient (Wildman–Crippen LogP) is 5.75. The summed E-state index contributed by atoms with van der Waals surface area (Å²) < 4.78 is 41.7. The molecule has 0 aliphatic heterocycles. The standard InChI is InChI=1S/C22H17F3N2O/c1-14-9-10-16(11-15(14)2)13-27-19(17-7-5-4-6-8-17)12-18(22(23,24)25)20(26-3)21(27)28/h4-12H,13H2,1-2H3. The number of aryl methyl sites for hydroxylation is 2. The van der Waals surface area contributed by atoms with Crippen molar-refractivity contribution in [1.29, 1.82) is 0 Å². The van der Waals surface area contributed by atoms with Gasteiger partial charge in [0.05, 0.1) is 12.1 Å². The van der Waals surface area contributed by atoms with Gasteiger partial charge in [0.25, 0.3) is 11.2 Å². The molecule has 28 heavy (non-hydrogen) atoms. The highest BCUT2D eigenvalue weighted by atomic mass is 19.4. The lowest BCUT2D eigenvalue weighted by Crippen LogP contribution is -2.25. The van der Waals surface area contributed by atoms with E-state index in [1.807, 2.05) is 32.0 Å². The highest BCUT2D eigenvalue weighted by molar-refractivity contribution is 5.66. The van der Waals surface area contributed by atoms with E-state index in [-0.39, 0.29) is 12.2 Å². The molecule has 1 heterocycles. The fourth-order valence-electron chi connectivity index (χ4n) is 3.05. The van der Waals surface area contributed by atoms with Crippen molar-refractivity contribution in [3.63, 3.8) is 0 Å². The van der Waals surface area contributed by atoms with Crippen LogP contribution in [0.3, 0.4) is 0 Å². The van der Waals surface area contributed by atoms with Gasteiger partial charge in [0, 0.05) is 12.2 Å². The van der Waals surface area contributed by atoms with Gasteiger partial charge in [0.1, 0.15) is 0 Å². The zero-order chi connectivity index (χ0) is 20.5. The summed E-state index contributed by atoms with van der Waals surface area (Å²) in [6, 6.07) is 14.9. The maximum atomic E-state index is 13.5. The molecule has 0 bridgehead atoms. The van der Waals surface area contributed by atoms with Gasteiger partial charge < -0.3 is 4.57 Å². The lowest BCUT2D eigenvalue weighted by Gasteiger charge is -2.18. The van der Waals surface area contributed by atoms with Crippen LogP contribution in [0, 0.1) is 20.4 Å². The first kappa shape index (κ1) is 19.4. The van der Waals surface area contributed by atoms with Gasteiger partial charge in [0.2, 0.25) is 0 Å². The molecule has 0 unspecified atom stereocenters. The molecule has 3 rings (SSSR count). The Balaban J connectivity index is 2.29. The molecule has 0 saturated carbocycles. The second-order valence-electron chi connectivity index (χ2n) is 6.58. The smallest absolute Gasteiger partial charge is 0.313 e. The Bertz CT molecular complexity index is 1120. The third-order valence-corrected chi connectivity index (χ3v) is 4.67. The lowest BCUT2D eigenvalue weighted by atomic mass is 10.0. The summed E-state index contributed by atoms with van der Waals surface area (Å²) in [7, 11) is 0. The average Bonchev–Trinajstić information content (AvgIpc) is 2.65. The molecule has 0 spiro atoms. The van der Waals surface area contributed by atoms with Gasteiger partial charge in [-0.2, -0.15) is 13.2 Å². The highest BCUT2D eigenvalue weighted by Crippen LogP contribution is 2.37. The lowest BCUT2D eigenvalue weighted by molar-refractivity contribution is -0.136. The van der Waals surface area contributed by atoms with E-state index in [0.717, 1.165) is 22.8 Å². The topological polar surface area (TPSA) is 26.4 Å². The number of hydrogen-bond donors (Lipinski definition) is 0. The molecule has 0 fully saturated rings. The zero-order valence-electron chi connectivity index (χ0n) is 15.3. The Labute approximate surface area is 160 Å². The van der Waals surface area contributed by atoms with E-state index in [2.05, 4.69) is 4.85 Å². The molecule has 0 N–H and O–H groups in total. The molecule has 6 heteroatoms. The Hall–Kier alpha value is -3.33. The van der Waals surface area contributed by atoms with E-state index in [9.17, 15) is 18.0 Å². The molecular weight excluding hydrogens is 365 g/mol. The van der Waals surface area contributed by atoms with Crippen molar-refractivity contribution in [3.05, 3.63) is 98.6 Å². The van der Waals surface area contributed by atoms with Crippen LogP contribution in [0.4, 0.5) is 18.9 Å². The molecule has 1 aromatic heterocycles. The predicted molar refractivity (Wildman–Crippen MR) is 102 cm³/mol. The number of pyridine rings is 1. The quantitative estimate of drug-likeness (QED) is 0.530. The second-order valence-corrected chi connectivity index (χ2v) is 6.58. The van der Waals surface area contributed by atoms with Crippen LogP contribution in [0.2, 0.25) is 0 Å². The number of nitrogens with zero attached hydrogens (tertiary/aromatic N) is 2. The maximum Gasteiger partial charge on any atom is 0.407 e. The van der Waals surface area contributed by atoms with Gasteiger partial charge in [-0.3, -0.25) is 4.79 Å². The molecule has 0 amide bonds. The SMILES string of the molecule is [C-]#[N+]c1c(C(F)(F)F)cc(-c2ccccc2)n(Cc2ccc(C)c(C)c2)c1=O. The Kier molecular flexibility index (Phi) is 5.10. The van der Waals surface area contributed by atoms with Crippen LogP contribution in [0.15, 0.2) is 59.4 Å². The highest BCUT2D eigenvalue weighted by Gasteiger charge is 2.36. The summed E-state index contributed by atoms with van der Waals surface area (Å²) in [5.41, 5.74) is 0.422. The van der Waals surface area contributed by atoms with Crippen LogP contribution < -0.4 is 5.56 Å². The minimum atomic E-state index is -4.79. The number of halogens is 3. The Morgan fingerprint density at radius 1 is 1.00 bits per heavy atom. The molecular formula is C22H17F3N2O. The fourth-order valence-corrected chi connectivity index (χ4v) is 3.05. The molecule has 0 aliphatic rings. The molecule has 0 atom stereocenters. The molecule has 2 aromatic carbocycles. The first-order chi connectivity index (χ1) is 13.2. The van der Waals surface area contributed by atoms with Crippen molar-refractivity contribution in [2.45, 2.75) is 26.6 Å². The maximum absolute atomic E-state index is 13.5. The third kappa shape index (κ3) is 3.70. The van der Waals surface area contributed by atoms with Crippen LogP contribution in [0.5, 0.6) is 0 Å². The van der Waals surface area contributed by atoms with Crippen molar-refractivity contribution >= 4 is 5.69 Å². The molecule has 0 aliphatic carbocycles. The molecule has 0 radical (unpaired) electrons. The van der Waals surface area contributed by atoms with Crippen molar-refractivity contribution in [1.82, 2.24) is 4.57 Å². The molecule has 142 valence electrons. The van der Waals surface area contributed by atoms with Crippen molar-refractivity contribution in [3.8, 4) is 11.3 Å². The summed E-state index contributed by atoms with van der Waals surface area (Å²) in [6.07, 6.45) is -4.79. The van der Waals surface area contributed by atoms with Gasteiger partial charge in [-0.15, -0.1) is 0 Å². The van der Waals surface area contributed by atoms with E-state index in [4.69, 9.17) is 6.57 Å².